The Hall–Kier alpha value is -4.20. The lowest BCUT2D eigenvalue weighted by Crippen LogP contribution is -2.39. The van der Waals surface area contributed by atoms with Crippen LogP contribution >= 0.6 is 0 Å². The van der Waals surface area contributed by atoms with E-state index in [9.17, 15) is 22.0 Å². The molecule has 0 amide bonds. The number of fused-ring (bicyclic) bond motifs is 1. The molecule has 1 saturated carbocycles. The molecule has 3 aromatic heterocycles. The molecule has 2 aliphatic heterocycles. The molecule has 4 aromatic rings. The number of piperidine rings is 2. The van der Waals surface area contributed by atoms with E-state index in [4.69, 9.17) is 14.1 Å². The molecule has 3 fully saturated rings. The Balaban J connectivity index is 1.20. The van der Waals surface area contributed by atoms with Gasteiger partial charge >= 0.3 is 5.97 Å². The number of furan rings is 1. The lowest BCUT2D eigenvalue weighted by Gasteiger charge is -2.35. The minimum Gasteiger partial charge on any atom is -0.465 e. The Labute approximate surface area is 265 Å². The average Bonchev–Trinajstić information content (AvgIpc) is 3.38. The number of nitrogens with zero attached hydrogens (tertiary/aromatic N) is 5. The van der Waals surface area contributed by atoms with Crippen LogP contribution in [0.4, 0.5) is 26.0 Å². The lowest BCUT2D eigenvalue weighted by atomic mass is 9.93. The van der Waals surface area contributed by atoms with Crippen LogP contribution in [0.3, 0.4) is 0 Å². The second-order valence-electron chi connectivity index (χ2n) is 12.5. The van der Waals surface area contributed by atoms with E-state index < -0.39 is 27.7 Å². The fraction of sp³-hybridized carbons (Fsp3) is 0.469. The number of anilines is 3. The van der Waals surface area contributed by atoms with E-state index in [1.54, 1.807) is 36.2 Å². The summed E-state index contributed by atoms with van der Waals surface area (Å²) in [5, 5.41) is 5.48. The molecule has 46 heavy (non-hydrogen) atoms. The van der Waals surface area contributed by atoms with Crippen molar-refractivity contribution in [2.45, 2.75) is 51.4 Å². The number of ether oxygens (including phenoxy) is 1. The van der Waals surface area contributed by atoms with Gasteiger partial charge in [0.25, 0.3) is 5.92 Å². The number of hydrogen-bond donors (Lipinski definition) is 1. The molecular formula is C32H36F2N6O5S. The Morgan fingerprint density at radius 3 is 2.46 bits per heavy atom. The number of benzene rings is 1. The maximum atomic E-state index is 13.9. The van der Waals surface area contributed by atoms with Gasteiger partial charge in [0.1, 0.15) is 0 Å². The highest BCUT2D eigenvalue weighted by molar-refractivity contribution is 7.93. The maximum absolute atomic E-state index is 13.9. The lowest BCUT2D eigenvalue weighted by molar-refractivity contribution is -0.139. The van der Waals surface area contributed by atoms with Gasteiger partial charge in [-0.15, -0.1) is 0 Å². The summed E-state index contributed by atoms with van der Waals surface area (Å²) >= 11 is 0. The standard InChI is InChI=1S/C32H36F2N6O5S/c1-2-44-28(41)21-46(42,43)37-24-3-4-26(27(18-24)38-12-8-31(6-7-31)9-13-38)40-20-23(19-35-40)25-17-22-5-16-45-29(22)30(36-25)39-14-10-32(33,34)11-15-39/h3-5,16-20,37H,2,6-15,21H2,1H3. The van der Waals surface area contributed by atoms with Crippen molar-refractivity contribution in [1.29, 1.82) is 0 Å². The van der Waals surface area contributed by atoms with Gasteiger partial charge in [0, 0.05) is 56.2 Å². The Morgan fingerprint density at radius 2 is 1.74 bits per heavy atom. The van der Waals surface area contributed by atoms with Gasteiger partial charge in [-0.2, -0.15) is 5.10 Å². The molecule has 0 bridgehead atoms. The third-order valence-corrected chi connectivity index (χ3v) is 10.5. The topological polar surface area (TPSA) is 123 Å². The largest absolute Gasteiger partial charge is 0.465 e. The van der Waals surface area contributed by atoms with E-state index in [-0.39, 0.29) is 32.5 Å². The molecule has 3 aliphatic rings. The number of aromatic nitrogens is 3. The Morgan fingerprint density at radius 1 is 1.00 bits per heavy atom. The van der Waals surface area contributed by atoms with Crippen molar-refractivity contribution in [2.24, 2.45) is 5.41 Å². The van der Waals surface area contributed by atoms with Crippen molar-refractivity contribution in [3.8, 4) is 16.9 Å². The third-order valence-electron chi connectivity index (χ3n) is 9.32. The Bertz CT molecular complexity index is 1870. The fourth-order valence-electron chi connectivity index (χ4n) is 6.46. The summed E-state index contributed by atoms with van der Waals surface area (Å²) in [6, 6.07) is 8.96. The molecule has 14 heteroatoms. The van der Waals surface area contributed by atoms with Crippen molar-refractivity contribution >= 4 is 44.2 Å². The molecule has 2 saturated heterocycles. The second-order valence-corrected chi connectivity index (χ2v) is 14.3. The summed E-state index contributed by atoms with van der Waals surface area (Å²) in [7, 11) is -3.98. The van der Waals surface area contributed by atoms with Gasteiger partial charge in [-0.1, -0.05) is 0 Å². The van der Waals surface area contributed by atoms with Crippen LogP contribution in [-0.4, -0.2) is 73.6 Å². The van der Waals surface area contributed by atoms with Crippen LogP contribution in [0.1, 0.15) is 45.4 Å². The van der Waals surface area contributed by atoms with Crippen LogP contribution in [0.15, 0.2) is 53.4 Å². The van der Waals surface area contributed by atoms with Gasteiger partial charge in [-0.3, -0.25) is 9.52 Å². The highest BCUT2D eigenvalue weighted by Gasteiger charge is 2.44. The smallest absolute Gasteiger partial charge is 0.323 e. The van der Waals surface area contributed by atoms with E-state index in [1.165, 1.54) is 12.8 Å². The Kier molecular flexibility index (Phi) is 7.65. The zero-order valence-electron chi connectivity index (χ0n) is 25.5. The first-order valence-electron chi connectivity index (χ1n) is 15.6. The van der Waals surface area contributed by atoms with E-state index in [1.807, 2.05) is 29.3 Å². The first-order valence-corrected chi connectivity index (χ1v) is 17.3. The second kappa shape index (κ2) is 11.6. The average molecular weight is 655 g/mol. The predicted octanol–water partition coefficient (Wildman–Crippen LogP) is 5.60. The zero-order valence-corrected chi connectivity index (χ0v) is 26.4. The molecular weight excluding hydrogens is 618 g/mol. The minimum absolute atomic E-state index is 0.0967. The first-order chi connectivity index (χ1) is 22.0. The highest BCUT2D eigenvalue weighted by Crippen LogP contribution is 2.54. The maximum Gasteiger partial charge on any atom is 0.323 e. The molecule has 7 rings (SSSR count). The number of alkyl halides is 2. The quantitative estimate of drug-likeness (QED) is 0.230. The summed E-state index contributed by atoms with van der Waals surface area (Å²) in [6.45, 7) is 3.73. The summed E-state index contributed by atoms with van der Waals surface area (Å²) < 4.78 is 68.1. The van der Waals surface area contributed by atoms with Crippen LogP contribution in [0, 0.1) is 5.41 Å². The van der Waals surface area contributed by atoms with Gasteiger partial charge < -0.3 is 19.0 Å². The highest BCUT2D eigenvalue weighted by atomic mass is 32.2. The van der Waals surface area contributed by atoms with Gasteiger partial charge in [0.05, 0.1) is 41.8 Å². The molecule has 0 unspecified atom stereocenters. The first kappa shape index (κ1) is 30.5. The molecule has 0 radical (unpaired) electrons. The molecule has 244 valence electrons. The van der Waals surface area contributed by atoms with E-state index in [0.717, 1.165) is 48.3 Å². The summed E-state index contributed by atoms with van der Waals surface area (Å²) in [6.07, 6.45) is 9.28. The number of nitrogens with one attached hydrogen (secondary N) is 1. The molecule has 1 aromatic carbocycles. The summed E-state index contributed by atoms with van der Waals surface area (Å²) in [5.41, 5.74) is 4.27. The van der Waals surface area contributed by atoms with Gasteiger partial charge in [-0.05, 0) is 68.4 Å². The van der Waals surface area contributed by atoms with Crippen molar-refractivity contribution in [2.75, 3.05) is 53.1 Å². The number of carbonyl (C=O) groups excluding carboxylic acids is 1. The van der Waals surface area contributed by atoms with Crippen LogP contribution in [0.2, 0.25) is 0 Å². The SMILES string of the molecule is CCOC(=O)CS(=O)(=O)Nc1ccc(-n2cc(-c3cc4ccoc4c(N4CCC(F)(F)CC4)n3)cn2)c(N2CCC3(CC2)CC3)c1. The van der Waals surface area contributed by atoms with Crippen LogP contribution in [0.5, 0.6) is 0 Å². The zero-order chi connectivity index (χ0) is 32.1. The molecule has 0 atom stereocenters. The number of pyridine rings is 1. The van der Waals surface area contributed by atoms with E-state index in [0.29, 0.717) is 28.2 Å². The van der Waals surface area contributed by atoms with Gasteiger partial charge in [0.2, 0.25) is 10.0 Å². The molecule has 1 N–H and O–H groups in total. The number of hydrogen-bond acceptors (Lipinski definition) is 9. The normalized spacial score (nSPS) is 19.0. The molecule has 1 aliphatic carbocycles. The molecule has 1 spiro atoms. The molecule has 5 heterocycles. The van der Waals surface area contributed by atoms with Crippen molar-refractivity contribution in [3.05, 3.63) is 49.0 Å². The van der Waals surface area contributed by atoms with Crippen LogP contribution in [-0.2, 0) is 19.6 Å². The minimum atomic E-state index is -3.98. The van der Waals surface area contributed by atoms with E-state index in [2.05, 4.69) is 14.7 Å². The number of carbonyl (C=O) groups is 1. The number of sulfonamides is 1. The number of esters is 1. The van der Waals surface area contributed by atoms with E-state index >= 15 is 0 Å². The fourth-order valence-corrected chi connectivity index (χ4v) is 7.41. The van der Waals surface area contributed by atoms with Crippen LogP contribution < -0.4 is 14.5 Å². The summed E-state index contributed by atoms with van der Waals surface area (Å²) in [5.74, 6) is -3.74. The summed E-state index contributed by atoms with van der Waals surface area (Å²) in [4.78, 5) is 20.8. The van der Waals surface area contributed by atoms with Crippen LogP contribution in [0.25, 0.3) is 27.9 Å². The third kappa shape index (κ3) is 6.26. The predicted molar refractivity (Wildman–Crippen MR) is 170 cm³/mol. The number of halogens is 2. The van der Waals surface area contributed by atoms with Gasteiger partial charge in [-0.25, -0.2) is 26.9 Å². The molecule has 11 nitrogen and oxygen atoms in total. The monoisotopic (exact) mass is 654 g/mol. The van der Waals surface area contributed by atoms with Crippen molar-refractivity contribution in [1.82, 2.24) is 14.8 Å². The number of rotatable bonds is 9. The van der Waals surface area contributed by atoms with Crippen molar-refractivity contribution in [3.63, 3.8) is 0 Å². The van der Waals surface area contributed by atoms with Gasteiger partial charge in [0.15, 0.2) is 17.2 Å². The van der Waals surface area contributed by atoms with Crippen molar-refractivity contribution < 1.29 is 31.1 Å².